The number of esters is 2. The fourth-order valence-electron chi connectivity index (χ4n) is 3.08. The number of carbonyl (C=O) groups is 4. The average molecular weight is 447 g/mol. The van der Waals surface area contributed by atoms with Crippen molar-refractivity contribution in [3.05, 3.63) is 41.1 Å². The quantitative estimate of drug-likeness (QED) is 0.416. The predicted molar refractivity (Wildman–Crippen MR) is 116 cm³/mol. The Bertz CT molecular complexity index is 880. The Balaban J connectivity index is 2.13. The van der Waals surface area contributed by atoms with Gasteiger partial charge in [0.25, 0.3) is 0 Å². The second kappa shape index (κ2) is 11.8. The molecule has 3 amide bonds. The standard InChI is InChI=1S/C22H29N3O7/c1-5-31-18(27)11-10-17(26)23-16-8-6-15(7-9-16)20-19(21(28)32-13-12-30-4)14(2)25(3)22(29)24-20/h6-9,20H,5,10-13H2,1-4H3,(H,23,26)(H,24,29). The van der Waals surface area contributed by atoms with Crippen molar-refractivity contribution >= 4 is 29.6 Å². The smallest absolute Gasteiger partial charge is 0.338 e. The third-order valence-corrected chi connectivity index (χ3v) is 4.88. The largest absolute Gasteiger partial charge is 0.466 e. The molecule has 1 atom stereocenters. The highest BCUT2D eigenvalue weighted by molar-refractivity contribution is 5.95. The van der Waals surface area contributed by atoms with Crippen LogP contribution in [0, 0.1) is 0 Å². The molecule has 1 aromatic rings. The summed E-state index contributed by atoms with van der Waals surface area (Å²) in [6, 6.07) is 5.66. The zero-order chi connectivity index (χ0) is 23.7. The van der Waals surface area contributed by atoms with E-state index in [9.17, 15) is 19.2 Å². The summed E-state index contributed by atoms with van der Waals surface area (Å²) in [5.74, 6) is -1.30. The number of amides is 3. The fourth-order valence-corrected chi connectivity index (χ4v) is 3.08. The highest BCUT2D eigenvalue weighted by Crippen LogP contribution is 2.31. The molecule has 0 bridgehead atoms. The lowest BCUT2D eigenvalue weighted by Gasteiger charge is -2.33. The Morgan fingerprint density at radius 1 is 1.09 bits per heavy atom. The second-order valence-electron chi connectivity index (χ2n) is 7.04. The Labute approximate surface area is 186 Å². The molecule has 0 saturated heterocycles. The molecule has 1 aliphatic rings. The third-order valence-electron chi connectivity index (χ3n) is 4.88. The molecule has 1 aromatic carbocycles. The van der Waals surface area contributed by atoms with Crippen LogP contribution in [0.15, 0.2) is 35.5 Å². The molecule has 2 rings (SSSR count). The number of hydrogen-bond donors (Lipinski definition) is 2. The maximum atomic E-state index is 12.7. The first-order valence-electron chi connectivity index (χ1n) is 10.2. The number of anilines is 1. The summed E-state index contributed by atoms with van der Waals surface area (Å²) in [6.07, 6.45) is 0.00297. The molecule has 2 N–H and O–H groups in total. The summed E-state index contributed by atoms with van der Waals surface area (Å²) in [4.78, 5) is 49.8. The van der Waals surface area contributed by atoms with Crippen molar-refractivity contribution in [1.82, 2.24) is 10.2 Å². The van der Waals surface area contributed by atoms with Crippen LogP contribution in [0.5, 0.6) is 0 Å². The number of nitrogens with zero attached hydrogens (tertiary/aromatic N) is 1. The van der Waals surface area contributed by atoms with Crippen LogP contribution in [0.1, 0.15) is 38.3 Å². The number of ether oxygens (including phenoxy) is 3. The minimum absolute atomic E-state index is 0.00199. The number of allylic oxidation sites excluding steroid dienone is 1. The number of benzene rings is 1. The molecule has 10 heteroatoms. The Kier molecular flexibility index (Phi) is 9.21. The lowest BCUT2D eigenvalue weighted by molar-refractivity contribution is -0.144. The Morgan fingerprint density at radius 3 is 2.41 bits per heavy atom. The molecule has 32 heavy (non-hydrogen) atoms. The van der Waals surface area contributed by atoms with Crippen LogP contribution in [-0.2, 0) is 28.6 Å². The van der Waals surface area contributed by atoms with Crippen molar-refractivity contribution in [3.8, 4) is 0 Å². The van der Waals surface area contributed by atoms with Gasteiger partial charge in [0.05, 0.1) is 31.2 Å². The summed E-state index contributed by atoms with van der Waals surface area (Å²) in [6.45, 7) is 4.00. The number of carbonyl (C=O) groups excluding carboxylic acids is 4. The van der Waals surface area contributed by atoms with Crippen LogP contribution in [0.25, 0.3) is 0 Å². The van der Waals surface area contributed by atoms with Crippen LogP contribution in [0.4, 0.5) is 10.5 Å². The van der Waals surface area contributed by atoms with Gasteiger partial charge in [0, 0.05) is 32.0 Å². The van der Waals surface area contributed by atoms with Gasteiger partial charge in [-0.25, -0.2) is 9.59 Å². The van der Waals surface area contributed by atoms with E-state index < -0.39 is 18.0 Å². The van der Waals surface area contributed by atoms with Gasteiger partial charge in [0.1, 0.15) is 6.61 Å². The van der Waals surface area contributed by atoms with Gasteiger partial charge in [-0.05, 0) is 31.5 Å². The highest BCUT2D eigenvalue weighted by Gasteiger charge is 2.35. The van der Waals surface area contributed by atoms with Gasteiger partial charge in [0.2, 0.25) is 5.91 Å². The first kappa shape index (κ1) is 24.9. The van der Waals surface area contributed by atoms with Crippen molar-refractivity contribution in [2.45, 2.75) is 32.7 Å². The van der Waals surface area contributed by atoms with Gasteiger partial charge in [0.15, 0.2) is 0 Å². The number of urea groups is 1. The van der Waals surface area contributed by atoms with Gasteiger partial charge in [-0.2, -0.15) is 0 Å². The molecule has 1 unspecified atom stereocenters. The third kappa shape index (κ3) is 6.55. The van der Waals surface area contributed by atoms with Crippen molar-refractivity contribution in [3.63, 3.8) is 0 Å². The average Bonchev–Trinajstić information content (AvgIpc) is 2.76. The maximum Gasteiger partial charge on any atom is 0.338 e. The zero-order valence-electron chi connectivity index (χ0n) is 18.7. The highest BCUT2D eigenvalue weighted by atomic mass is 16.6. The minimum atomic E-state index is -0.706. The fraction of sp³-hybridized carbons (Fsp3) is 0.455. The lowest BCUT2D eigenvalue weighted by atomic mass is 9.95. The van der Waals surface area contributed by atoms with Crippen molar-refractivity contribution in [2.24, 2.45) is 0 Å². The van der Waals surface area contributed by atoms with Gasteiger partial charge < -0.3 is 29.7 Å². The van der Waals surface area contributed by atoms with E-state index in [1.165, 1.54) is 12.0 Å². The van der Waals surface area contributed by atoms with E-state index in [-0.39, 0.29) is 44.6 Å². The molecule has 174 valence electrons. The number of nitrogens with one attached hydrogen (secondary N) is 2. The molecule has 0 saturated carbocycles. The van der Waals surface area contributed by atoms with Crippen LogP contribution >= 0.6 is 0 Å². The van der Waals surface area contributed by atoms with E-state index in [1.807, 2.05) is 0 Å². The first-order valence-corrected chi connectivity index (χ1v) is 10.2. The van der Waals surface area contributed by atoms with E-state index in [1.54, 1.807) is 45.2 Å². The number of hydrogen-bond acceptors (Lipinski definition) is 7. The van der Waals surface area contributed by atoms with E-state index in [0.29, 0.717) is 22.5 Å². The molecule has 1 heterocycles. The molecule has 0 aliphatic carbocycles. The summed E-state index contributed by atoms with van der Waals surface area (Å²) >= 11 is 0. The van der Waals surface area contributed by atoms with Gasteiger partial charge in [-0.3, -0.25) is 9.59 Å². The van der Waals surface area contributed by atoms with E-state index >= 15 is 0 Å². The Morgan fingerprint density at radius 2 is 1.78 bits per heavy atom. The molecular weight excluding hydrogens is 418 g/mol. The van der Waals surface area contributed by atoms with Crippen molar-refractivity contribution < 1.29 is 33.4 Å². The predicted octanol–water partition coefficient (Wildman–Crippen LogP) is 2.13. The summed E-state index contributed by atoms with van der Waals surface area (Å²) in [5, 5.41) is 5.50. The molecule has 1 aliphatic heterocycles. The van der Waals surface area contributed by atoms with Crippen LogP contribution < -0.4 is 10.6 Å². The van der Waals surface area contributed by atoms with Crippen molar-refractivity contribution in [1.29, 1.82) is 0 Å². The van der Waals surface area contributed by atoms with Gasteiger partial charge in [-0.15, -0.1) is 0 Å². The SMILES string of the molecule is CCOC(=O)CCC(=O)Nc1ccc(C2NC(=O)N(C)C(C)=C2C(=O)OCCOC)cc1. The molecule has 0 spiro atoms. The summed E-state index contributed by atoms with van der Waals surface area (Å²) in [5.41, 5.74) is 1.97. The van der Waals surface area contributed by atoms with Crippen LogP contribution in [-0.4, -0.2) is 62.8 Å². The van der Waals surface area contributed by atoms with E-state index in [4.69, 9.17) is 14.2 Å². The lowest BCUT2D eigenvalue weighted by Crippen LogP contribution is -2.46. The zero-order valence-corrected chi connectivity index (χ0v) is 18.7. The number of methoxy groups -OCH3 is 1. The maximum absolute atomic E-state index is 12.7. The van der Waals surface area contributed by atoms with E-state index in [2.05, 4.69) is 10.6 Å². The summed E-state index contributed by atoms with van der Waals surface area (Å²) in [7, 11) is 3.07. The monoisotopic (exact) mass is 447 g/mol. The molecular formula is C22H29N3O7. The van der Waals surface area contributed by atoms with Crippen molar-refractivity contribution in [2.75, 3.05) is 39.3 Å². The topological polar surface area (TPSA) is 123 Å². The van der Waals surface area contributed by atoms with Gasteiger partial charge in [-0.1, -0.05) is 12.1 Å². The molecule has 10 nitrogen and oxygen atoms in total. The Hall–Kier alpha value is -3.40. The molecule has 0 radical (unpaired) electrons. The van der Waals surface area contributed by atoms with Gasteiger partial charge >= 0.3 is 18.0 Å². The summed E-state index contributed by atoms with van der Waals surface area (Å²) < 4.78 is 15.0. The van der Waals surface area contributed by atoms with Crippen LogP contribution in [0.2, 0.25) is 0 Å². The molecule has 0 fully saturated rings. The number of rotatable bonds is 10. The normalized spacial score (nSPS) is 15.8. The first-order chi connectivity index (χ1) is 15.3. The van der Waals surface area contributed by atoms with Crippen LogP contribution in [0.3, 0.4) is 0 Å². The van der Waals surface area contributed by atoms with E-state index in [0.717, 1.165) is 0 Å². The molecule has 0 aromatic heterocycles. The minimum Gasteiger partial charge on any atom is -0.466 e. The second-order valence-corrected chi connectivity index (χ2v) is 7.04.